The van der Waals surface area contributed by atoms with E-state index in [4.69, 9.17) is 4.74 Å². The summed E-state index contributed by atoms with van der Waals surface area (Å²) in [4.78, 5) is 19.3. The van der Waals surface area contributed by atoms with Gasteiger partial charge < -0.3 is 15.0 Å². The lowest BCUT2D eigenvalue weighted by Gasteiger charge is -2.38. The van der Waals surface area contributed by atoms with Gasteiger partial charge in [0.05, 0.1) is 19.0 Å². The van der Waals surface area contributed by atoms with Crippen molar-refractivity contribution in [1.29, 1.82) is 0 Å². The molecule has 1 aromatic rings. The molecular formula is C19H23N3O2S. The van der Waals surface area contributed by atoms with Crippen molar-refractivity contribution in [3.8, 4) is 5.75 Å². The van der Waals surface area contributed by atoms with Crippen molar-refractivity contribution in [2.24, 2.45) is 4.99 Å². The van der Waals surface area contributed by atoms with Gasteiger partial charge in [-0.05, 0) is 37.8 Å². The fraction of sp³-hybridized carbons (Fsp3) is 0.474. The van der Waals surface area contributed by atoms with Gasteiger partial charge in [0, 0.05) is 24.2 Å². The Hall–Kier alpha value is -1.95. The Bertz CT molecular complexity index is 785. The molecule has 0 radical (unpaired) electrons. The van der Waals surface area contributed by atoms with Crippen molar-refractivity contribution in [1.82, 2.24) is 10.2 Å². The minimum atomic E-state index is -0.296. The molecule has 1 aromatic carbocycles. The second-order valence-corrected chi connectivity index (χ2v) is 8.28. The van der Waals surface area contributed by atoms with Gasteiger partial charge in [-0.25, -0.2) is 0 Å². The predicted octanol–water partition coefficient (Wildman–Crippen LogP) is 3.36. The number of amides is 1. The highest BCUT2D eigenvalue weighted by Crippen LogP contribution is 2.40. The van der Waals surface area contributed by atoms with E-state index in [0.29, 0.717) is 6.42 Å². The highest BCUT2D eigenvalue weighted by Gasteiger charge is 2.35. The molecule has 1 N–H and O–H groups in total. The monoisotopic (exact) mass is 357 g/mol. The molecule has 0 saturated heterocycles. The standard InChI is InChI=1S/C19H23N3O2S/c1-12-4-5-14-15(10-19(2,3)24-16(14)8-12)21-17(23)9-13-11-25-18-20-6-7-22(13)18/h4-5,8,11,15H,6-7,9-10H2,1-3H3,(H,21,23)/t15-/m0/s1. The number of hydrogen-bond acceptors (Lipinski definition) is 5. The zero-order valence-electron chi connectivity index (χ0n) is 14.8. The van der Waals surface area contributed by atoms with E-state index in [2.05, 4.69) is 54.2 Å². The highest BCUT2D eigenvalue weighted by molar-refractivity contribution is 8.16. The van der Waals surface area contributed by atoms with Gasteiger partial charge in [-0.1, -0.05) is 23.9 Å². The van der Waals surface area contributed by atoms with Gasteiger partial charge in [-0.15, -0.1) is 0 Å². The number of thioether (sulfide) groups is 1. The summed E-state index contributed by atoms with van der Waals surface area (Å²) in [5.41, 5.74) is 2.98. The summed E-state index contributed by atoms with van der Waals surface area (Å²) in [6, 6.07) is 6.18. The Morgan fingerprint density at radius 2 is 2.32 bits per heavy atom. The fourth-order valence-electron chi connectivity index (χ4n) is 3.61. The lowest BCUT2D eigenvalue weighted by Crippen LogP contribution is -2.41. The number of aliphatic imine (C=N–C) groups is 1. The van der Waals surface area contributed by atoms with Crippen LogP contribution in [0.15, 0.2) is 34.3 Å². The lowest BCUT2D eigenvalue weighted by atomic mass is 9.89. The Balaban J connectivity index is 1.49. The molecule has 3 aliphatic rings. The number of benzene rings is 1. The van der Waals surface area contributed by atoms with E-state index in [0.717, 1.165) is 47.3 Å². The zero-order valence-corrected chi connectivity index (χ0v) is 15.7. The van der Waals surface area contributed by atoms with Crippen LogP contribution in [-0.2, 0) is 4.79 Å². The normalized spacial score (nSPS) is 23.3. The van der Waals surface area contributed by atoms with E-state index in [1.165, 1.54) is 0 Å². The first-order valence-corrected chi connectivity index (χ1v) is 9.56. The van der Waals surface area contributed by atoms with E-state index < -0.39 is 0 Å². The number of carbonyl (C=O) groups excluding carboxylic acids is 1. The number of ether oxygens (including phenoxy) is 1. The number of carbonyl (C=O) groups is 1. The molecular weight excluding hydrogens is 334 g/mol. The number of nitrogens with one attached hydrogen (secondary N) is 1. The van der Waals surface area contributed by atoms with Gasteiger partial charge in [0.25, 0.3) is 0 Å². The van der Waals surface area contributed by atoms with Crippen LogP contribution < -0.4 is 10.1 Å². The molecule has 3 heterocycles. The molecule has 3 aliphatic heterocycles. The third kappa shape index (κ3) is 3.27. The van der Waals surface area contributed by atoms with Gasteiger partial charge in [-0.3, -0.25) is 9.79 Å². The van der Waals surface area contributed by atoms with Crippen molar-refractivity contribution in [3.05, 3.63) is 40.4 Å². The quantitative estimate of drug-likeness (QED) is 0.901. The average molecular weight is 357 g/mol. The maximum atomic E-state index is 12.7. The first-order chi connectivity index (χ1) is 11.9. The smallest absolute Gasteiger partial charge is 0.226 e. The molecule has 0 unspecified atom stereocenters. The molecule has 25 heavy (non-hydrogen) atoms. The molecule has 0 aliphatic carbocycles. The van der Waals surface area contributed by atoms with Gasteiger partial charge in [0.1, 0.15) is 11.4 Å². The summed E-state index contributed by atoms with van der Waals surface area (Å²) < 4.78 is 6.11. The summed E-state index contributed by atoms with van der Waals surface area (Å²) in [6.07, 6.45) is 1.16. The third-order valence-corrected chi connectivity index (χ3v) is 5.70. The number of nitrogens with zero attached hydrogens (tertiary/aromatic N) is 2. The van der Waals surface area contributed by atoms with Crippen LogP contribution in [-0.4, -0.2) is 34.7 Å². The Labute approximate surface area is 152 Å². The molecule has 132 valence electrons. The van der Waals surface area contributed by atoms with Crippen LogP contribution in [0, 0.1) is 6.92 Å². The number of hydrogen-bond donors (Lipinski definition) is 1. The van der Waals surface area contributed by atoms with Crippen molar-refractivity contribution in [3.63, 3.8) is 0 Å². The summed E-state index contributed by atoms with van der Waals surface area (Å²) in [7, 11) is 0. The van der Waals surface area contributed by atoms with Crippen LogP contribution in [0.5, 0.6) is 5.75 Å². The molecule has 1 amide bonds. The Morgan fingerprint density at radius 1 is 1.48 bits per heavy atom. The minimum Gasteiger partial charge on any atom is -0.487 e. The minimum absolute atomic E-state index is 0.0202. The molecule has 0 saturated carbocycles. The van der Waals surface area contributed by atoms with Crippen LogP contribution in [0.3, 0.4) is 0 Å². The molecule has 0 fully saturated rings. The topological polar surface area (TPSA) is 53.9 Å². The van der Waals surface area contributed by atoms with E-state index in [1.54, 1.807) is 11.8 Å². The number of aryl methyl sites for hydroxylation is 1. The Kier molecular flexibility index (Phi) is 4.02. The third-order valence-electron chi connectivity index (χ3n) is 4.75. The van der Waals surface area contributed by atoms with Gasteiger partial charge in [-0.2, -0.15) is 0 Å². The first kappa shape index (κ1) is 16.5. The van der Waals surface area contributed by atoms with Gasteiger partial charge in [0.2, 0.25) is 5.91 Å². The predicted molar refractivity (Wildman–Crippen MR) is 101 cm³/mol. The summed E-state index contributed by atoms with van der Waals surface area (Å²) >= 11 is 1.61. The zero-order chi connectivity index (χ0) is 17.6. The lowest BCUT2D eigenvalue weighted by molar-refractivity contribution is -0.121. The van der Waals surface area contributed by atoms with Crippen molar-refractivity contribution < 1.29 is 9.53 Å². The molecule has 1 atom stereocenters. The fourth-order valence-corrected chi connectivity index (χ4v) is 4.57. The molecule has 0 aromatic heterocycles. The SMILES string of the molecule is Cc1ccc2c(c1)OC(C)(C)C[C@@H]2NC(=O)CC1=CSC2=NCCN12. The summed E-state index contributed by atoms with van der Waals surface area (Å²) in [5.74, 6) is 0.931. The first-order valence-electron chi connectivity index (χ1n) is 8.68. The second-order valence-electron chi connectivity index (χ2n) is 7.45. The maximum Gasteiger partial charge on any atom is 0.226 e. The number of amidine groups is 1. The molecule has 6 heteroatoms. The van der Waals surface area contributed by atoms with Crippen molar-refractivity contribution >= 4 is 22.8 Å². The van der Waals surface area contributed by atoms with Crippen LogP contribution in [0.2, 0.25) is 0 Å². The van der Waals surface area contributed by atoms with Crippen LogP contribution >= 0.6 is 11.8 Å². The van der Waals surface area contributed by atoms with E-state index in [1.807, 2.05) is 5.41 Å². The molecule has 0 bridgehead atoms. The second kappa shape index (κ2) is 6.09. The average Bonchev–Trinajstić information content (AvgIpc) is 3.10. The van der Waals surface area contributed by atoms with E-state index in [9.17, 15) is 4.79 Å². The van der Waals surface area contributed by atoms with Gasteiger partial charge in [0.15, 0.2) is 5.17 Å². The Morgan fingerprint density at radius 3 is 3.16 bits per heavy atom. The summed E-state index contributed by atoms with van der Waals surface area (Å²) in [6.45, 7) is 7.90. The van der Waals surface area contributed by atoms with E-state index >= 15 is 0 Å². The van der Waals surface area contributed by atoms with Crippen LogP contribution in [0.1, 0.15) is 43.9 Å². The molecule has 4 rings (SSSR count). The number of fused-ring (bicyclic) bond motifs is 2. The summed E-state index contributed by atoms with van der Waals surface area (Å²) in [5, 5.41) is 6.29. The van der Waals surface area contributed by atoms with E-state index in [-0.39, 0.29) is 17.6 Å². The maximum absolute atomic E-state index is 12.7. The van der Waals surface area contributed by atoms with Crippen LogP contribution in [0.25, 0.3) is 0 Å². The highest BCUT2D eigenvalue weighted by atomic mass is 32.2. The largest absolute Gasteiger partial charge is 0.487 e. The number of rotatable bonds is 3. The van der Waals surface area contributed by atoms with Crippen LogP contribution in [0.4, 0.5) is 0 Å². The molecule has 5 nitrogen and oxygen atoms in total. The molecule has 0 spiro atoms. The van der Waals surface area contributed by atoms with Gasteiger partial charge >= 0.3 is 0 Å². The van der Waals surface area contributed by atoms with Crippen molar-refractivity contribution in [2.45, 2.75) is 45.3 Å². The van der Waals surface area contributed by atoms with Crippen molar-refractivity contribution in [2.75, 3.05) is 13.1 Å².